The Morgan fingerprint density at radius 2 is 1.56 bits per heavy atom. The van der Waals surface area contributed by atoms with Gasteiger partial charge in [-0.3, -0.25) is 5.32 Å². The Hall–Kier alpha value is -3.54. The van der Waals surface area contributed by atoms with E-state index in [1.807, 2.05) is 30.3 Å². The van der Waals surface area contributed by atoms with Crippen LogP contribution in [0.3, 0.4) is 0 Å². The van der Waals surface area contributed by atoms with Gasteiger partial charge >= 0.3 is 18.4 Å². The van der Waals surface area contributed by atoms with Gasteiger partial charge in [0.25, 0.3) is 5.60 Å². The topological polar surface area (TPSA) is 87.4 Å². The quantitative estimate of drug-likeness (QED) is 0.411. The van der Waals surface area contributed by atoms with Crippen molar-refractivity contribution in [2.45, 2.75) is 31.3 Å². The van der Waals surface area contributed by atoms with Gasteiger partial charge in [-0.1, -0.05) is 59.8 Å². The molecular formula is C22H19F6N3O3. The van der Waals surface area contributed by atoms with Crippen LogP contribution in [0.15, 0.2) is 59.1 Å². The first-order valence-electron chi connectivity index (χ1n) is 9.86. The molecule has 2 amide bonds. The smallest absolute Gasteiger partial charge is 0.369 e. The molecule has 0 saturated heterocycles. The number of aryl methyl sites for hydroxylation is 1. The van der Waals surface area contributed by atoms with Gasteiger partial charge in [-0.25, -0.2) is 4.79 Å². The molecule has 0 bridgehead atoms. The van der Waals surface area contributed by atoms with Crippen LogP contribution in [0.4, 0.5) is 37.0 Å². The molecule has 3 rings (SSSR count). The largest absolute Gasteiger partial charge is 0.430 e. The Bertz CT molecular complexity index is 1110. The third-order valence-electron chi connectivity index (χ3n) is 5.05. The Balaban J connectivity index is 1.77. The minimum absolute atomic E-state index is 0.0793. The van der Waals surface area contributed by atoms with Crippen LogP contribution in [0.5, 0.6) is 0 Å². The number of nitrogens with zero attached hydrogens (tertiary/aromatic N) is 1. The van der Waals surface area contributed by atoms with Crippen molar-refractivity contribution in [2.24, 2.45) is 0 Å². The third kappa shape index (κ3) is 5.01. The maximum absolute atomic E-state index is 13.1. The summed E-state index contributed by atoms with van der Waals surface area (Å²) in [6.07, 6.45) is -11.4. The van der Waals surface area contributed by atoms with E-state index in [2.05, 4.69) is 15.8 Å². The lowest BCUT2D eigenvalue weighted by Crippen LogP contribution is -2.53. The minimum Gasteiger partial charge on any atom is -0.369 e. The van der Waals surface area contributed by atoms with Crippen molar-refractivity contribution in [3.05, 3.63) is 71.5 Å². The lowest BCUT2D eigenvalue weighted by atomic mass is 9.90. The van der Waals surface area contributed by atoms with Gasteiger partial charge in [-0.15, -0.1) is 0 Å². The molecule has 6 nitrogen and oxygen atoms in total. The van der Waals surface area contributed by atoms with Crippen molar-refractivity contribution in [2.75, 3.05) is 11.9 Å². The number of aromatic nitrogens is 1. The van der Waals surface area contributed by atoms with Crippen molar-refractivity contribution in [3.8, 4) is 11.1 Å². The Morgan fingerprint density at radius 1 is 0.971 bits per heavy atom. The van der Waals surface area contributed by atoms with Crippen LogP contribution in [-0.4, -0.2) is 35.2 Å². The molecule has 2 aromatic carbocycles. The lowest BCUT2D eigenvalue weighted by Gasteiger charge is -2.32. The number of carbonyl (C=O) groups excluding carboxylic acids is 1. The highest BCUT2D eigenvalue weighted by atomic mass is 19.4. The summed E-state index contributed by atoms with van der Waals surface area (Å²) in [6.45, 7) is 1.75. The maximum Gasteiger partial charge on any atom is 0.430 e. The highest BCUT2D eigenvalue weighted by Crippen LogP contribution is 2.50. The Morgan fingerprint density at radius 3 is 2.12 bits per heavy atom. The van der Waals surface area contributed by atoms with E-state index in [9.17, 15) is 36.2 Å². The van der Waals surface area contributed by atoms with Gasteiger partial charge in [-0.2, -0.15) is 26.3 Å². The second kappa shape index (κ2) is 9.37. The molecule has 12 heteroatoms. The number of benzene rings is 2. The van der Waals surface area contributed by atoms with Crippen LogP contribution < -0.4 is 10.6 Å². The Labute approximate surface area is 189 Å². The van der Waals surface area contributed by atoms with Gasteiger partial charge < -0.3 is 14.9 Å². The number of carbonyl (C=O) groups is 1. The monoisotopic (exact) mass is 487 g/mol. The number of alkyl halides is 6. The number of anilines is 1. The molecule has 0 aliphatic carbocycles. The summed E-state index contributed by atoms with van der Waals surface area (Å²) in [6, 6.07) is 11.6. The van der Waals surface area contributed by atoms with Gasteiger partial charge in [0.2, 0.25) is 0 Å². The van der Waals surface area contributed by atoms with E-state index in [0.717, 1.165) is 17.7 Å². The molecule has 3 N–H and O–H groups in total. The summed E-state index contributed by atoms with van der Waals surface area (Å²) in [5, 5.41) is 18.3. The predicted molar refractivity (Wildman–Crippen MR) is 110 cm³/mol. The van der Waals surface area contributed by atoms with Crippen molar-refractivity contribution in [3.63, 3.8) is 0 Å². The normalized spacial score (nSPS) is 12.5. The van der Waals surface area contributed by atoms with E-state index < -0.39 is 29.5 Å². The summed E-state index contributed by atoms with van der Waals surface area (Å²) >= 11 is 0. The van der Waals surface area contributed by atoms with Gasteiger partial charge in [0, 0.05) is 12.1 Å². The average molecular weight is 487 g/mol. The van der Waals surface area contributed by atoms with E-state index in [1.54, 1.807) is 0 Å². The fourth-order valence-corrected chi connectivity index (χ4v) is 3.28. The molecule has 1 aromatic heterocycles. The number of urea groups is 1. The first kappa shape index (κ1) is 25.1. The van der Waals surface area contributed by atoms with Crippen LogP contribution >= 0.6 is 0 Å². The van der Waals surface area contributed by atoms with Gasteiger partial charge in [0.05, 0.1) is 5.56 Å². The first-order valence-corrected chi connectivity index (χ1v) is 9.86. The molecule has 0 spiro atoms. The van der Waals surface area contributed by atoms with Crippen LogP contribution in [0.25, 0.3) is 11.1 Å². The molecule has 0 radical (unpaired) electrons. The molecule has 3 aromatic rings. The number of aliphatic hydroxyl groups is 1. The van der Waals surface area contributed by atoms with Crippen molar-refractivity contribution >= 4 is 11.8 Å². The van der Waals surface area contributed by atoms with Crippen molar-refractivity contribution in [1.29, 1.82) is 0 Å². The highest BCUT2D eigenvalue weighted by molar-refractivity contribution is 5.93. The number of hydrogen-bond donors (Lipinski definition) is 3. The van der Waals surface area contributed by atoms with E-state index in [-0.39, 0.29) is 22.7 Å². The maximum atomic E-state index is 13.1. The molecule has 0 saturated carbocycles. The number of amides is 2. The van der Waals surface area contributed by atoms with Crippen molar-refractivity contribution in [1.82, 2.24) is 10.5 Å². The molecule has 0 aliphatic rings. The SMILES string of the molecule is Cc1onc(NC(=O)NCCc2ccccc2)c1-c1ccc(C(O)(C(F)(F)F)C(F)(F)F)cc1. The summed E-state index contributed by atoms with van der Waals surface area (Å²) in [5.74, 6) is 0.0820. The summed E-state index contributed by atoms with van der Waals surface area (Å²) in [5.41, 5.74) is -5.17. The molecule has 0 atom stereocenters. The molecular weight excluding hydrogens is 468 g/mol. The van der Waals surface area contributed by atoms with Crippen LogP contribution in [0.1, 0.15) is 16.9 Å². The van der Waals surface area contributed by atoms with E-state index in [0.29, 0.717) is 25.1 Å². The van der Waals surface area contributed by atoms with E-state index in [1.165, 1.54) is 6.92 Å². The second-order valence-corrected chi connectivity index (χ2v) is 7.36. The molecule has 182 valence electrons. The number of nitrogens with one attached hydrogen (secondary N) is 2. The van der Waals surface area contributed by atoms with Crippen LogP contribution in [0, 0.1) is 6.92 Å². The summed E-state index contributed by atoms with van der Waals surface area (Å²) < 4.78 is 83.6. The van der Waals surface area contributed by atoms with Gasteiger partial charge in [0.1, 0.15) is 5.76 Å². The van der Waals surface area contributed by atoms with Crippen LogP contribution in [0.2, 0.25) is 0 Å². The highest BCUT2D eigenvalue weighted by Gasteiger charge is 2.71. The van der Waals surface area contributed by atoms with E-state index in [4.69, 9.17) is 4.52 Å². The molecule has 34 heavy (non-hydrogen) atoms. The molecule has 0 fully saturated rings. The number of rotatable bonds is 6. The zero-order valence-electron chi connectivity index (χ0n) is 17.6. The minimum atomic E-state index is -6.00. The first-order chi connectivity index (χ1) is 15.8. The van der Waals surface area contributed by atoms with E-state index >= 15 is 0 Å². The third-order valence-corrected chi connectivity index (χ3v) is 5.05. The number of hydrogen-bond acceptors (Lipinski definition) is 4. The zero-order chi connectivity index (χ0) is 25.1. The average Bonchev–Trinajstić information content (AvgIpc) is 3.12. The predicted octanol–water partition coefficient (Wildman–Crippen LogP) is 5.33. The van der Waals surface area contributed by atoms with Gasteiger partial charge in [0.15, 0.2) is 5.82 Å². The Kier molecular flexibility index (Phi) is 6.92. The second-order valence-electron chi connectivity index (χ2n) is 7.36. The van der Waals surface area contributed by atoms with Crippen LogP contribution in [-0.2, 0) is 12.0 Å². The number of halogens is 6. The summed E-state index contributed by atoms with van der Waals surface area (Å²) in [4.78, 5) is 12.2. The van der Waals surface area contributed by atoms with Crippen molar-refractivity contribution < 1.29 is 40.8 Å². The standard InChI is InChI=1S/C22H19F6N3O3/c1-13-17(15-7-9-16(10-8-15)20(33,21(23,24)25)22(26,27)28)18(31-34-13)30-19(32)29-12-11-14-5-3-2-4-6-14/h2-10,33H,11-12H2,1H3,(H2,29,30,31,32). The van der Waals surface area contributed by atoms with Gasteiger partial charge in [-0.05, 0) is 24.5 Å². The fraction of sp³-hybridized carbons (Fsp3) is 0.273. The molecule has 0 unspecified atom stereocenters. The lowest BCUT2D eigenvalue weighted by molar-refractivity contribution is -0.376. The summed E-state index contributed by atoms with van der Waals surface area (Å²) in [7, 11) is 0. The fourth-order valence-electron chi connectivity index (χ4n) is 3.28. The molecule has 0 aliphatic heterocycles. The zero-order valence-corrected chi connectivity index (χ0v) is 17.6. The molecule has 1 heterocycles.